The average molecular weight is 155 g/mol. The molecule has 0 N–H and O–H groups in total. The maximum atomic E-state index is 5.34. The quantitative estimate of drug-likeness (QED) is 0.600. The molecule has 0 aliphatic carbocycles. The highest BCUT2D eigenvalue weighted by molar-refractivity contribution is 4.87. The van der Waals surface area contributed by atoms with E-state index in [-0.39, 0.29) is 6.10 Å². The van der Waals surface area contributed by atoms with Crippen LogP contribution in [0.3, 0.4) is 0 Å². The minimum absolute atomic E-state index is 0.112. The molecule has 4 nitrogen and oxygen atoms in total. The molecular formula is C7H9NO3. The van der Waals surface area contributed by atoms with Gasteiger partial charge in [-0.3, -0.25) is 0 Å². The lowest BCUT2D eigenvalue weighted by Crippen LogP contribution is -2.22. The smallest absolute Gasteiger partial charge is 0.225 e. The molecule has 0 bridgehead atoms. The Bertz CT molecular complexity index is 203. The fraction of sp³-hybridized carbons (Fsp3) is 0.571. The maximum Gasteiger partial charge on any atom is 0.225 e. The standard InChI is InChI=1S/C7H9NO3/c1-2-11-7(8-1)6-5-9-3-4-10-6/h1-2,6H,3-5H2. The van der Waals surface area contributed by atoms with Crippen molar-refractivity contribution in [2.24, 2.45) is 0 Å². The molecule has 0 saturated carbocycles. The first-order valence-electron chi connectivity index (χ1n) is 3.55. The van der Waals surface area contributed by atoms with Crippen LogP contribution in [0.5, 0.6) is 0 Å². The molecule has 1 saturated heterocycles. The lowest BCUT2D eigenvalue weighted by molar-refractivity contribution is -0.0996. The number of aromatic nitrogens is 1. The number of oxazole rings is 1. The van der Waals surface area contributed by atoms with E-state index in [9.17, 15) is 0 Å². The van der Waals surface area contributed by atoms with Crippen LogP contribution in [-0.4, -0.2) is 24.8 Å². The van der Waals surface area contributed by atoms with Crippen LogP contribution in [0.1, 0.15) is 12.0 Å². The summed E-state index contributed by atoms with van der Waals surface area (Å²) in [4.78, 5) is 3.97. The molecule has 11 heavy (non-hydrogen) atoms. The molecule has 0 aromatic carbocycles. The van der Waals surface area contributed by atoms with E-state index in [1.807, 2.05) is 0 Å². The summed E-state index contributed by atoms with van der Waals surface area (Å²) in [5.41, 5.74) is 0. The van der Waals surface area contributed by atoms with E-state index in [2.05, 4.69) is 4.98 Å². The van der Waals surface area contributed by atoms with E-state index in [4.69, 9.17) is 13.9 Å². The van der Waals surface area contributed by atoms with Crippen LogP contribution in [-0.2, 0) is 9.47 Å². The van der Waals surface area contributed by atoms with E-state index >= 15 is 0 Å². The number of ether oxygens (including phenoxy) is 2. The van der Waals surface area contributed by atoms with Crippen molar-refractivity contribution in [3.63, 3.8) is 0 Å². The molecule has 1 fully saturated rings. The van der Waals surface area contributed by atoms with Crippen molar-refractivity contribution in [3.05, 3.63) is 18.4 Å². The van der Waals surface area contributed by atoms with Crippen molar-refractivity contribution in [2.45, 2.75) is 6.10 Å². The Balaban J connectivity index is 2.04. The molecule has 1 aliphatic rings. The molecule has 0 radical (unpaired) electrons. The topological polar surface area (TPSA) is 44.5 Å². The number of hydrogen-bond donors (Lipinski definition) is 0. The average Bonchev–Trinajstić information content (AvgIpc) is 2.58. The van der Waals surface area contributed by atoms with Gasteiger partial charge in [-0.25, -0.2) is 4.98 Å². The van der Waals surface area contributed by atoms with Gasteiger partial charge in [0.2, 0.25) is 5.89 Å². The van der Waals surface area contributed by atoms with E-state index in [0.717, 1.165) is 0 Å². The van der Waals surface area contributed by atoms with Gasteiger partial charge in [-0.1, -0.05) is 0 Å². The Labute approximate surface area is 64.1 Å². The highest BCUT2D eigenvalue weighted by Gasteiger charge is 2.19. The first-order valence-corrected chi connectivity index (χ1v) is 3.55. The Morgan fingerprint density at radius 2 is 2.45 bits per heavy atom. The van der Waals surface area contributed by atoms with E-state index in [1.165, 1.54) is 6.26 Å². The van der Waals surface area contributed by atoms with Crippen molar-refractivity contribution in [1.29, 1.82) is 0 Å². The third-order valence-electron chi connectivity index (χ3n) is 1.54. The fourth-order valence-electron chi connectivity index (χ4n) is 1.02. The minimum atomic E-state index is -0.112. The van der Waals surface area contributed by atoms with Crippen LogP contribution in [0.2, 0.25) is 0 Å². The van der Waals surface area contributed by atoms with Crippen LogP contribution in [0.25, 0.3) is 0 Å². The van der Waals surface area contributed by atoms with Gasteiger partial charge < -0.3 is 13.9 Å². The first kappa shape index (κ1) is 6.82. The van der Waals surface area contributed by atoms with E-state index < -0.39 is 0 Å². The predicted molar refractivity (Wildman–Crippen MR) is 36.0 cm³/mol. The molecule has 1 unspecified atom stereocenters. The Morgan fingerprint density at radius 3 is 3.09 bits per heavy atom. The first-order chi connectivity index (χ1) is 5.47. The van der Waals surface area contributed by atoms with E-state index in [1.54, 1.807) is 6.20 Å². The SMILES string of the molecule is c1coc(C2COCCO2)n1. The summed E-state index contributed by atoms with van der Waals surface area (Å²) in [6.07, 6.45) is 3.03. The van der Waals surface area contributed by atoms with Gasteiger partial charge in [-0.15, -0.1) is 0 Å². The van der Waals surface area contributed by atoms with Gasteiger partial charge in [0.15, 0.2) is 6.10 Å². The van der Waals surface area contributed by atoms with Crippen LogP contribution in [0.15, 0.2) is 16.9 Å². The Hall–Kier alpha value is -0.870. The normalized spacial score (nSPS) is 25.3. The van der Waals surface area contributed by atoms with Gasteiger partial charge >= 0.3 is 0 Å². The monoisotopic (exact) mass is 155 g/mol. The van der Waals surface area contributed by atoms with Crippen LogP contribution >= 0.6 is 0 Å². The van der Waals surface area contributed by atoms with Crippen LogP contribution < -0.4 is 0 Å². The summed E-state index contributed by atoms with van der Waals surface area (Å²) in [5.74, 6) is 0.602. The molecule has 1 aromatic rings. The zero-order valence-corrected chi connectivity index (χ0v) is 6.03. The van der Waals surface area contributed by atoms with Gasteiger partial charge in [0.1, 0.15) is 6.26 Å². The molecule has 2 rings (SSSR count). The fourth-order valence-corrected chi connectivity index (χ4v) is 1.02. The highest BCUT2D eigenvalue weighted by Crippen LogP contribution is 2.17. The number of hydrogen-bond acceptors (Lipinski definition) is 4. The molecule has 1 atom stereocenters. The van der Waals surface area contributed by atoms with Crippen molar-refractivity contribution >= 4 is 0 Å². The minimum Gasteiger partial charge on any atom is -0.446 e. The second-order valence-electron chi connectivity index (χ2n) is 2.30. The highest BCUT2D eigenvalue weighted by atomic mass is 16.6. The second kappa shape index (κ2) is 3.02. The van der Waals surface area contributed by atoms with Crippen molar-refractivity contribution < 1.29 is 13.9 Å². The zero-order valence-electron chi connectivity index (χ0n) is 6.03. The zero-order chi connectivity index (χ0) is 7.52. The van der Waals surface area contributed by atoms with Crippen molar-refractivity contribution in [2.75, 3.05) is 19.8 Å². The lowest BCUT2D eigenvalue weighted by Gasteiger charge is -2.19. The molecule has 0 spiro atoms. The predicted octanol–water partition coefficient (Wildman–Crippen LogP) is 0.762. The molecule has 4 heteroatoms. The van der Waals surface area contributed by atoms with Crippen molar-refractivity contribution in [1.82, 2.24) is 4.98 Å². The number of rotatable bonds is 1. The third-order valence-corrected chi connectivity index (χ3v) is 1.54. The van der Waals surface area contributed by atoms with Gasteiger partial charge in [0.05, 0.1) is 26.0 Å². The molecule has 0 amide bonds. The van der Waals surface area contributed by atoms with Gasteiger partial charge in [-0.05, 0) is 0 Å². The van der Waals surface area contributed by atoms with Crippen LogP contribution in [0.4, 0.5) is 0 Å². The van der Waals surface area contributed by atoms with Gasteiger partial charge in [-0.2, -0.15) is 0 Å². The molecular weight excluding hydrogens is 146 g/mol. The number of nitrogens with zero attached hydrogens (tertiary/aromatic N) is 1. The lowest BCUT2D eigenvalue weighted by atomic mass is 10.3. The summed E-state index contributed by atoms with van der Waals surface area (Å²) in [6, 6.07) is 0. The van der Waals surface area contributed by atoms with E-state index in [0.29, 0.717) is 25.7 Å². The van der Waals surface area contributed by atoms with Crippen LogP contribution in [0, 0.1) is 0 Å². The van der Waals surface area contributed by atoms with Gasteiger partial charge in [0.25, 0.3) is 0 Å². The summed E-state index contributed by atoms with van der Waals surface area (Å²) < 4.78 is 15.6. The Morgan fingerprint density at radius 1 is 1.45 bits per heavy atom. The molecule has 1 aliphatic heterocycles. The summed E-state index contributed by atoms with van der Waals surface area (Å²) in [6.45, 7) is 1.82. The largest absolute Gasteiger partial charge is 0.446 e. The second-order valence-corrected chi connectivity index (χ2v) is 2.30. The molecule has 1 aromatic heterocycles. The third kappa shape index (κ3) is 1.41. The van der Waals surface area contributed by atoms with Crippen molar-refractivity contribution in [3.8, 4) is 0 Å². The Kier molecular flexibility index (Phi) is 1.87. The van der Waals surface area contributed by atoms with Gasteiger partial charge in [0, 0.05) is 0 Å². The maximum absolute atomic E-state index is 5.34. The molecule has 2 heterocycles. The summed E-state index contributed by atoms with van der Waals surface area (Å²) in [7, 11) is 0. The molecule has 60 valence electrons. The summed E-state index contributed by atoms with van der Waals surface area (Å²) >= 11 is 0. The summed E-state index contributed by atoms with van der Waals surface area (Å²) in [5, 5.41) is 0.